The zero-order chi connectivity index (χ0) is 14.9. The summed E-state index contributed by atoms with van der Waals surface area (Å²) in [6.45, 7) is 1.69. The van der Waals surface area contributed by atoms with Crippen molar-refractivity contribution in [2.75, 3.05) is 20.3 Å². The summed E-state index contributed by atoms with van der Waals surface area (Å²) in [6.07, 6.45) is 0.803. The van der Waals surface area contributed by atoms with Crippen molar-refractivity contribution in [1.29, 1.82) is 0 Å². The number of hydrogen-bond acceptors (Lipinski definition) is 5. The first kappa shape index (κ1) is 15.5. The van der Waals surface area contributed by atoms with Gasteiger partial charge in [0.2, 0.25) is 0 Å². The minimum absolute atomic E-state index is 0.0860. The Kier molecular flexibility index (Phi) is 6.18. The second-order valence-electron chi connectivity index (χ2n) is 4.40. The number of nitrogens with one attached hydrogen (secondary N) is 1. The Morgan fingerprint density at radius 1 is 1.33 bits per heavy atom. The van der Waals surface area contributed by atoms with E-state index < -0.39 is 0 Å². The molecule has 2 aromatic rings. The number of carbonyl (C=O) groups is 1. The molecule has 0 unspecified atom stereocenters. The summed E-state index contributed by atoms with van der Waals surface area (Å²) < 4.78 is 10.5. The molecule has 0 aliphatic carbocycles. The molecule has 0 radical (unpaired) electrons. The minimum Gasteiger partial charge on any atom is -0.487 e. The highest BCUT2D eigenvalue weighted by molar-refractivity contribution is 7.07. The zero-order valence-electron chi connectivity index (χ0n) is 11.9. The average Bonchev–Trinajstić information content (AvgIpc) is 3.03. The maximum absolute atomic E-state index is 11.9. The van der Waals surface area contributed by atoms with Gasteiger partial charge < -0.3 is 14.8 Å². The van der Waals surface area contributed by atoms with Gasteiger partial charge >= 0.3 is 0 Å². The lowest BCUT2D eigenvalue weighted by Gasteiger charge is -2.07. The van der Waals surface area contributed by atoms with Crippen molar-refractivity contribution < 1.29 is 14.3 Å². The van der Waals surface area contributed by atoms with Gasteiger partial charge in [0.15, 0.2) is 0 Å². The van der Waals surface area contributed by atoms with Crippen LogP contribution < -0.4 is 10.1 Å². The van der Waals surface area contributed by atoms with Gasteiger partial charge in [-0.25, -0.2) is 4.98 Å². The number of rotatable bonds is 8. The van der Waals surface area contributed by atoms with E-state index in [2.05, 4.69) is 10.3 Å². The molecule has 2 rings (SSSR count). The quantitative estimate of drug-likeness (QED) is 0.761. The summed E-state index contributed by atoms with van der Waals surface area (Å²) in [5, 5.41) is 4.79. The summed E-state index contributed by atoms with van der Waals surface area (Å²) in [5.41, 5.74) is 3.30. The van der Waals surface area contributed by atoms with Gasteiger partial charge in [-0.05, 0) is 30.7 Å². The number of carbonyl (C=O) groups excluding carboxylic acids is 1. The summed E-state index contributed by atoms with van der Waals surface area (Å²) in [5.74, 6) is 0.635. The predicted molar refractivity (Wildman–Crippen MR) is 81.7 cm³/mol. The number of ether oxygens (including phenoxy) is 2. The lowest BCUT2D eigenvalue weighted by molar-refractivity contribution is 0.0948. The van der Waals surface area contributed by atoms with Crippen LogP contribution in [0.3, 0.4) is 0 Å². The fourth-order valence-corrected chi connectivity index (χ4v) is 2.23. The number of benzene rings is 1. The number of thiazole rings is 1. The van der Waals surface area contributed by atoms with E-state index in [0.29, 0.717) is 25.3 Å². The Bertz CT molecular complexity index is 541. The van der Waals surface area contributed by atoms with Gasteiger partial charge in [0.05, 0.1) is 11.2 Å². The molecular weight excluding hydrogens is 288 g/mol. The Hall–Kier alpha value is -1.92. The molecule has 0 saturated carbocycles. The van der Waals surface area contributed by atoms with Crippen LogP contribution >= 0.6 is 11.3 Å². The maximum Gasteiger partial charge on any atom is 0.251 e. The third kappa shape index (κ3) is 5.17. The van der Waals surface area contributed by atoms with Crippen molar-refractivity contribution >= 4 is 17.2 Å². The molecule has 1 amide bonds. The van der Waals surface area contributed by atoms with Crippen LogP contribution in [0.5, 0.6) is 5.75 Å². The van der Waals surface area contributed by atoms with E-state index in [-0.39, 0.29) is 5.91 Å². The summed E-state index contributed by atoms with van der Waals surface area (Å²) in [7, 11) is 1.65. The van der Waals surface area contributed by atoms with Gasteiger partial charge in [0.25, 0.3) is 5.91 Å². The van der Waals surface area contributed by atoms with Crippen LogP contribution in [0.2, 0.25) is 0 Å². The number of aromatic nitrogens is 1. The fraction of sp³-hybridized carbons (Fsp3) is 0.333. The highest BCUT2D eigenvalue weighted by Gasteiger charge is 2.05. The van der Waals surface area contributed by atoms with E-state index in [9.17, 15) is 4.79 Å². The largest absolute Gasteiger partial charge is 0.487 e. The third-order valence-electron chi connectivity index (χ3n) is 2.80. The Labute approximate surface area is 127 Å². The number of amides is 1. The number of nitrogens with zero attached hydrogens (tertiary/aromatic N) is 1. The second-order valence-corrected chi connectivity index (χ2v) is 5.11. The molecule has 5 nitrogen and oxygen atoms in total. The topological polar surface area (TPSA) is 60.5 Å². The summed E-state index contributed by atoms with van der Waals surface area (Å²) in [6, 6.07) is 7.08. The molecule has 112 valence electrons. The molecule has 1 aromatic carbocycles. The molecular formula is C15H18N2O3S. The van der Waals surface area contributed by atoms with Crippen LogP contribution in [-0.2, 0) is 11.3 Å². The maximum atomic E-state index is 11.9. The normalized spacial score (nSPS) is 10.3. The zero-order valence-corrected chi connectivity index (χ0v) is 12.7. The van der Waals surface area contributed by atoms with Gasteiger partial charge in [-0.2, -0.15) is 0 Å². The molecule has 0 atom stereocenters. The molecule has 0 aliphatic heterocycles. The highest BCUT2D eigenvalue weighted by atomic mass is 32.1. The van der Waals surface area contributed by atoms with Crippen LogP contribution in [-0.4, -0.2) is 31.2 Å². The van der Waals surface area contributed by atoms with Gasteiger partial charge in [0.1, 0.15) is 12.4 Å². The van der Waals surface area contributed by atoms with Crippen molar-refractivity contribution in [3.8, 4) is 5.75 Å². The Morgan fingerprint density at radius 2 is 2.14 bits per heavy atom. The van der Waals surface area contributed by atoms with Crippen LogP contribution in [0, 0.1) is 0 Å². The molecule has 1 heterocycles. The Morgan fingerprint density at radius 3 is 2.81 bits per heavy atom. The minimum atomic E-state index is -0.0860. The molecule has 0 saturated heterocycles. The lowest BCUT2D eigenvalue weighted by atomic mass is 10.2. The molecule has 0 bridgehead atoms. The van der Waals surface area contributed by atoms with Gasteiger partial charge in [-0.1, -0.05) is 0 Å². The van der Waals surface area contributed by atoms with Crippen LogP contribution in [0.1, 0.15) is 22.5 Å². The first-order valence-electron chi connectivity index (χ1n) is 6.66. The van der Waals surface area contributed by atoms with E-state index in [0.717, 1.165) is 17.9 Å². The standard InChI is InChI=1S/C15H18N2O3S/c1-19-8-2-7-16-15(18)12-3-5-14(6-4-12)20-9-13-10-21-11-17-13/h3-6,10-11H,2,7-9H2,1H3,(H,16,18). The molecule has 6 heteroatoms. The molecule has 21 heavy (non-hydrogen) atoms. The van der Waals surface area contributed by atoms with Crippen molar-refractivity contribution in [1.82, 2.24) is 10.3 Å². The lowest BCUT2D eigenvalue weighted by Crippen LogP contribution is -2.25. The van der Waals surface area contributed by atoms with Crippen LogP contribution in [0.15, 0.2) is 35.2 Å². The molecule has 0 fully saturated rings. The number of methoxy groups -OCH3 is 1. The smallest absolute Gasteiger partial charge is 0.251 e. The average molecular weight is 306 g/mol. The van der Waals surface area contributed by atoms with Crippen molar-refractivity contribution in [3.63, 3.8) is 0 Å². The van der Waals surface area contributed by atoms with Gasteiger partial charge in [-0.3, -0.25) is 4.79 Å². The predicted octanol–water partition coefficient (Wildman–Crippen LogP) is 2.49. The fourth-order valence-electron chi connectivity index (χ4n) is 1.69. The first-order valence-corrected chi connectivity index (χ1v) is 7.61. The van der Waals surface area contributed by atoms with E-state index in [1.54, 1.807) is 36.9 Å². The highest BCUT2D eigenvalue weighted by Crippen LogP contribution is 2.14. The summed E-state index contributed by atoms with van der Waals surface area (Å²) >= 11 is 1.54. The van der Waals surface area contributed by atoms with E-state index in [1.165, 1.54) is 11.3 Å². The van der Waals surface area contributed by atoms with E-state index in [4.69, 9.17) is 9.47 Å². The van der Waals surface area contributed by atoms with E-state index >= 15 is 0 Å². The molecule has 1 N–H and O–H groups in total. The third-order valence-corrected chi connectivity index (χ3v) is 3.43. The summed E-state index contributed by atoms with van der Waals surface area (Å²) in [4.78, 5) is 16.0. The van der Waals surface area contributed by atoms with Crippen molar-refractivity contribution in [3.05, 3.63) is 46.4 Å². The number of hydrogen-bond donors (Lipinski definition) is 1. The molecule has 0 spiro atoms. The van der Waals surface area contributed by atoms with Crippen LogP contribution in [0.4, 0.5) is 0 Å². The molecule has 1 aromatic heterocycles. The Balaban J connectivity index is 1.79. The van der Waals surface area contributed by atoms with Crippen molar-refractivity contribution in [2.45, 2.75) is 13.0 Å². The monoisotopic (exact) mass is 306 g/mol. The van der Waals surface area contributed by atoms with Gasteiger partial charge in [-0.15, -0.1) is 11.3 Å². The van der Waals surface area contributed by atoms with Crippen molar-refractivity contribution in [2.24, 2.45) is 0 Å². The van der Waals surface area contributed by atoms with Crippen LogP contribution in [0.25, 0.3) is 0 Å². The second kappa shape index (κ2) is 8.39. The van der Waals surface area contributed by atoms with Gasteiger partial charge in [0, 0.05) is 31.2 Å². The van der Waals surface area contributed by atoms with E-state index in [1.807, 2.05) is 5.38 Å². The first-order chi connectivity index (χ1) is 10.3. The SMILES string of the molecule is COCCCNC(=O)c1ccc(OCc2cscn2)cc1. The molecule has 0 aliphatic rings.